The average molecular weight is 1170 g/mol. The van der Waals surface area contributed by atoms with Gasteiger partial charge in [-0.3, -0.25) is 45.6 Å². The van der Waals surface area contributed by atoms with Gasteiger partial charge in [0, 0.05) is 28.6 Å². The first kappa shape index (κ1) is 65.9. The topological polar surface area (TPSA) is 349 Å². The van der Waals surface area contributed by atoms with Crippen LogP contribution in [-0.4, -0.2) is 67.8 Å². The first-order valence-electron chi connectivity index (χ1n) is 20.8. The summed E-state index contributed by atoms with van der Waals surface area (Å²) >= 11 is 31.4. The quantitative estimate of drug-likeness (QED) is 0.0405. The van der Waals surface area contributed by atoms with Gasteiger partial charge in [-0.25, -0.2) is 14.7 Å². The van der Waals surface area contributed by atoms with Crippen LogP contribution in [0.25, 0.3) is 32.9 Å². The Hall–Kier alpha value is -5.16. The fourth-order valence-corrected chi connectivity index (χ4v) is 5.69. The lowest BCUT2D eigenvalue weighted by Crippen LogP contribution is -2.17. The van der Waals surface area contributed by atoms with Crippen molar-refractivity contribution in [2.75, 3.05) is 14.2 Å². The molecule has 7 aromatic rings. The number of carbonyl (C=O) groups excluding carboxylic acids is 2. The highest BCUT2D eigenvalue weighted by atomic mass is 36.0. The smallest absolute Gasteiger partial charge is 0.374 e. The van der Waals surface area contributed by atoms with E-state index in [9.17, 15) is 28.5 Å². The number of hydrogen-bond donors (Lipinski definition) is 6. The molecule has 7 aromatic heterocycles. The number of carboxylic acids is 1. The van der Waals surface area contributed by atoms with Gasteiger partial charge in [0.2, 0.25) is 11.3 Å². The molecule has 7 heterocycles. The SMILES string of the molecule is CC(=O)O.CC(C)(C)c1cc2c(=O)[nH][nH]c(=O)c2o1.CC(C)(C)c1cc2c(=O)[nH]nc(Cl)c2o1.CC(C)(C)c1cc2c(Cl)nnc(Cl)c2o1.COC(=O)c1cc(C(C)(C)C)oc1C(=O)OC.NN.O=P(Cl)(Cl)Cl. The minimum Gasteiger partial charge on any atom is -0.481 e. The molecular formula is C44H57Cl6N8O14P. The Morgan fingerprint density at radius 3 is 1.29 bits per heavy atom. The summed E-state index contributed by atoms with van der Waals surface area (Å²) in [5.74, 6) is 8.42. The van der Waals surface area contributed by atoms with Crippen molar-refractivity contribution in [3.05, 3.63) is 105 Å². The van der Waals surface area contributed by atoms with E-state index in [1.54, 1.807) is 12.1 Å². The summed E-state index contributed by atoms with van der Waals surface area (Å²) in [6.45, 7) is 24.8. The molecule has 0 bridgehead atoms. The number of carbonyl (C=O) groups is 3. The van der Waals surface area contributed by atoms with Crippen LogP contribution in [0.4, 0.5) is 0 Å². The molecule has 73 heavy (non-hydrogen) atoms. The summed E-state index contributed by atoms with van der Waals surface area (Å²) in [6.07, 6.45) is 0. The zero-order chi connectivity index (χ0) is 56.9. The van der Waals surface area contributed by atoms with Crippen molar-refractivity contribution in [2.45, 2.75) is 112 Å². The number of furan rings is 4. The van der Waals surface area contributed by atoms with Gasteiger partial charge < -0.3 is 32.2 Å². The molecule has 404 valence electrons. The fraction of sp³-hybridized carbons (Fsp3) is 0.432. The first-order chi connectivity index (χ1) is 33.2. The minimum atomic E-state index is -3.22. The van der Waals surface area contributed by atoms with Crippen molar-refractivity contribution >= 4 is 125 Å². The highest BCUT2D eigenvalue weighted by Crippen LogP contribution is 2.61. The number of nitrogens with one attached hydrogen (secondary N) is 3. The van der Waals surface area contributed by atoms with Crippen molar-refractivity contribution in [1.82, 2.24) is 30.6 Å². The molecule has 0 unspecified atom stereocenters. The highest BCUT2D eigenvalue weighted by molar-refractivity contribution is 8.24. The van der Waals surface area contributed by atoms with E-state index in [2.05, 4.69) is 85.5 Å². The molecule has 0 aromatic carbocycles. The molecule has 22 nitrogen and oxygen atoms in total. The first-order valence-corrected chi connectivity index (χ1v) is 26.4. The van der Waals surface area contributed by atoms with E-state index >= 15 is 0 Å². The van der Waals surface area contributed by atoms with Crippen molar-refractivity contribution in [2.24, 2.45) is 11.7 Å². The summed E-state index contributed by atoms with van der Waals surface area (Å²) in [5, 5.41) is 24.2. The van der Waals surface area contributed by atoms with Gasteiger partial charge in [-0.15, -0.1) is 10.2 Å². The van der Waals surface area contributed by atoms with Gasteiger partial charge in [0.25, 0.3) is 17.1 Å². The van der Waals surface area contributed by atoms with Gasteiger partial charge in [-0.2, -0.15) is 5.10 Å². The van der Waals surface area contributed by atoms with E-state index in [1.165, 1.54) is 20.3 Å². The molecular weight excluding hydrogens is 1110 g/mol. The summed E-state index contributed by atoms with van der Waals surface area (Å²) in [4.78, 5) is 66.1. The van der Waals surface area contributed by atoms with Gasteiger partial charge in [-0.05, 0) is 58.0 Å². The molecule has 29 heteroatoms. The fourth-order valence-electron chi connectivity index (χ4n) is 5.15. The van der Waals surface area contributed by atoms with Crippen LogP contribution in [0.5, 0.6) is 0 Å². The van der Waals surface area contributed by atoms with Crippen LogP contribution in [0.1, 0.15) is 134 Å². The maximum atomic E-state index is 11.5. The van der Waals surface area contributed by atoms with Gasteiger partial charge in [0.1, 0.15) is 28.6 Å². The molecule has 7 rings (SSSR count). The lowest BCUT2D eigenvalue weighted by atomic mass is 9.93. The zero-order valence-electron chi connectivity index (χ0n) is 42.3. The molecule has 0 fully saturated rings. The number of hydrazine groups is 1. The molecule has 0 spiro atoms. The number of aromatic amines is 3. The molecule has 0 saturated heterocycles. The molecule has 0 amide bonds. The second-order valence-electron chi connectivity index (χ2n) is 18.8. The number of carboxylic acid groups (broad SMARTS) is 1. The van der Waals surface area contributed by atoms with Crippen molar-refractivity contribution in [3.8, 4) is 0 Å². The summed E-state index contributed by atoms with van der Waals surface area (Å²) in [6, 6.07) is 6.70. The zero-order valence-corrected chi connectivity index (χ0v) is 47.7. The minimum absolute atomic E-state index is 0.0867. The van der Waals surface area contributed by atoms with E-state index in [-0.39, 0.29) is 60.0 Å². The van der Waals surface area contributed by atoms with E-state index in [0.29, 0.717) is 44.0 Å². The highest BCUT2D eigenvalue weighted by Gasteiger charge is 2.29. The third-order valence-electron chi connectivity index (χ3n) is 8.72. The van der Waals surface area contributed by atoms with Gasteiger partial charge >= 0.3 is 22.7 Å². The summed E-state index contributed by atoms with van der Waals surface area (Å²) in [5.41, 5.74) is -0.801. The van der Waals surface area contributed by atoms with Crippen molar-refractivity contribution < 1.29 is 51.2 Å². The number of aromatic nitrogens is 6. The van der Waals surface area contributed by atoms with E-state index in [0.717, 1.165) is 18.4 Å². The number of fused-ring (bicyclic) bond motifs is 3. The standard InChI is InChI=1S/C12H16O5.C10H10Cl2N2O.C10H11ClN2O2.C10H12N2O3.C2H4O2.Cl3OP.H4N2/c1-12(2,3)8-6-7(10(13)15-4)9(17-8)11(14)16-5;1-10(2,3)6-4-5-7(15-6)9(12)14-13-8(5)11;1-10(2,3)6-4-5-7(15-6)8(11)12-13-9(5)14;1-10(2,3)6-4-5-7(15-6)9(14)12-11-8(5)13;1-2(3)4;1-5(2,3)4;1-2/h6H,1-5H3;4H,1-3H3;4H,1-3H3,(H,13,14);4H,1-3H3,(H,11,13)(H,12,14);1H3,(H,3,4);;1-2H2. The number of ether oxygens (including phenoxy) is 2. The number of nitrogens with zero attached hydrogens (tertiary/aromatic N) is 3. The Bertz CT molecular complexity index is 3100. The number of esters is 2. The Morgan fingerprint density at radius 1 is 0.575 bits per heavy atom. The monoisotopic (exact) mass is 1160 g/mol. The molecule has 0 aliphatic heterocycles. The van der Waals surface area contributed by atoms with Crippen LogP contribution in [0.3, 0.4) is 0 Å². The van der Waals surface area contributed by atoms with E-state index in [1.807, 2.05) is 89.2 Å². The second-order valence-corrected chi connectivity index (χ2v) is 26.6. The number of aliphatic carboxylic acids is 1. The maximum Gasteiger partial charge on any atom is 0.374 e. The van der Waals surface area contributed by atoms with Gasteiger partial charge in [-0.1, -0.05) is 118 Å². The predicted molar refractivity (Wildman–Crippen MR) is 282 cm³/mol. The number of halogens is 6. The molecule has 0 atom stereocenters. The molecule has 8 N–H and O–H groups in total. The predicted octanol–water partition coefficient (Wildman–Crippen LogP) is 11.3. The van der Waals surface area contributed by atoms with E-state index < -0.39 is 28.7 Å². The van der Waals surface area contributed by atoms with Crippen LogP contribution in [0.15, 0.2) is 56.3 Å². The van der Waals surface area contributed by atoms with Gasteiger partial charge in [0.15, 0.2) is 26.6 Å². The summed E-state index contributed by atoms with van der Waals surface area (Å²) in [7, 11) is 2.47. The van der Waals surface area contributed by atoms with Crippen molar-refractivity contribution in [3.63, 3.8) is 0 Å². The average Bonchev–Trinajstić information content (AvgIpc) is 4.09. The number of H-pyrrole nitrogens is 3. The van der Waals surface area contributed by atoms with Crippen LogP contribution in [0.2, 0.25) is 15.5 Å². The van der Waals surface area contributed by atoms with Crippen LogP contribution < -0.4 is 28.4 Å². The van der Waals surface area contributed by atoms with Crippen molar-refractivity contribution in [1.29, 1.82) is 0 Å². The lowest BCUT2D eigenvalue weighted by Gasteiger charge is -2.13. The summed E-state index contributed by atoms with van der Waals surface area (Å²) < 4.78 is 40.6. The normalized spacial score (nSPS) is 11.4. The third-order valence-corrected chi connectivity index (χ3v) is 9.51. The molecule has 0 radical (unpaired) electrons. The number of nitrogens with two attached hydrogens (primary N) is 2. The lowest BCUT2D eigenvalue weighted by molar-refractivity contribution is -0.134. The largest absolute Gasteiger partial charge is 0.481 e. The Kier molecular flexibility index (Phi) is 24.2. The Morgan fingerprint density at radius 2 is 0.918 bits per heavy atom. The van der Waals surface area contributed by atoms with Crippen LogP contribution in [0, 0.1) is 0 Å². The van der Waals surface area contributed by atoms with Crippen LogP contribution in [-0.2, 0) is 40.5 Å². The third kappa shape index (κ3) is 20.2. The number of methoxy groups -OCH3 is 2. The Labute approximate surface area is 446 Å². The molecule has 0 aliphatic carbocycles. The maximum absolute atomic E-state index is 11.5. The second kappa shape index (κ2) is 26.9. The number of hydrogen-bond acceptors (Lipinski definition) is 18. The molecule has 0 aliphatic rings. The Balaban J connectivity index is 0.000000455. The van der Waals surface area contributed by atoms with Gasteiger partial charge in [0.05, 0.1) is 30.4 Å². The molecule has 0 saturated carbocycles. The van der Waals surface area contributed by atoms with Crippen LogP contribution >= 0.6 is 73.7 Å². The van der Waals surface area contributed by atoms with E-state index in [4.69, 9.17) is 62.4 Å². The number of rotatable bonds is 2.